The molecule has 2 amide bonds. The first-order valence-electron chi connectivity index (χ1n) is 9.39. The second-order valence-corrected chi connectivity index (χ2v) is 7.07. The number of fused-ring (bicyclic) bond motifs is 1. The number of benzene rings is 1. The summed E-state index contributed by atoms with van der Waals surface area (Å²) < 4.78 is 0. The second kappa shape index (κ2) is 7.28. The van der Waals surface area contributed by atoms with Crippen molar-refractivity contribution >= 4 is 17.5 Å². The van der Waals surface area contributed by atoms with Crippen molar-refractivity contribution in [3.63, 3.8) is 0 Å². The number of hydrogen-bond donors (Lipinski definition) is 1. The lowest BCUT2D eigenvalue weighted by Gasteiger charge is -2.29. The Morgan fingerprint density at radius 2 is 1.88 bits per heavy atom. The van der Waals surface area contributed by atoms with Gasteiger partial charge in [0.1, 0.15) is 5.69 Å². The van der Waals surface area contributed by atoms with Gasteiger partial charge in [0, 0.05) is 30.0 Å². The Morgan fingerprint density at radius 1 is 1.08 bits per heavy atom. The molecule has 1 aromatic carbocycles. The summed E-state index contributed by atoms with van der Waals surface area (Å²) in [5, 5.41) is 3.06. The third-order valence-electron chi connectivity index (χ3n) is 5.29. The monoisotopic (exact) mass is 349 g/mol. The Bertz CT molecular complexity index is 828. The maximum Gasteiger partial charge on any atom is 0.276 e. The number of para-hydroxylation sites is 1. The van der Waals surface area contributed by atoms with Crippen molar-refractivity contribution in [2.75, 3.05) is 11.4 Å². The fourth-order valence-corrected chi connectivity index (χ4v) is 3.91. The molecule has 2 aromatic rings. The van der Waals surface area contributed by atoms with Gasteiger partial charge < -0.3 is 10.2 Å². The van der Waals surface area contributed by atoms with E-state index in [0.717, 1.165) is 31.4 Å². The molecule has 4 rings (SSSR count). The Morgan fingerprint density at radius 3 is 2.73 bits per heavy atom. The van der Waals surface area contributed by atoms with Gasteiger partial charge in [-0.2, -0.15) is 0 Å². The molecule has 0 atom stereocenters. The summed E-state index contributed by atoms with van der Waals surface area (Å²) in [6.07, 6.45) is 7.87. The number of anilines is 1. The molecular weight excluding hydrogens is 326 g/mol. The first-order valence-corrected chi connectivity index (χ1v) is 9.39. The van der Waals surface area contributed by atoms with E-state index in [9.17, 15) is 9.59 Å². The highest BCUT2D eigenvalue weighted by Crippen LogP contribution is 2.28. The molecule has 1 aromatic heterocycles. The van der Waals surface area contributed by atoms with E-state index in [4.69, 9.17) is 0 Å². The molecule has 26 heavy (non-hydrogen) atoms. The summed E-state index contributed by atoms with van der Waals surface area (Å²) in [5.74, 6) is -0.264. The summed E-state index contributed by atoms with van der Waals surface area (Å²) >= 11 is 0. The van der Waals surface area contributed by atoms with Crippen LogP contribution in [0.25, 0.3) is 0 Å². The summed E-state index contributed by atoms with van der Waals surface area (Å²) in [6, 6.07) is 11.5. The molecule has 0 spiro atoms. The molecule has 1 fully saturated rings. The maximum atomic E-state index is 13.0. The van der Waals surface area contributed by atoms with E-state index in [2.05, 4.69) is 16.4 Å². The third-order valence-corrected chi connectivity index (χ3v) is 5.29. The lowest BCUT2D eigenvalue weighted by atomic mass is 10.0. The number of pyridine rings is 1. The standard InChI is InChI=1S/C21H23N3O2/c25-20(23-17-8-2-3-9-17)16-11-12-22-18(14-16)21(26)24-13-5-7-15-6-1-4-10-19(15)24/h1,4,6,10-12,14,17H,2-3,5,7-9,13H2,(H,23,25). The van der Waals surface area contributed by atoms with Crippen molar-refractivity contribution < 1.29 is 9.59 Å². The van der Waals surface area contributed by atoms with Crippen LogP contribution in [-0.2, 0) is 6.42 Å². The topological polar surface area (TPSA) is 62.3 Å². The van der Waals surface area contributed by atoms with Crippen molar-refractivity contribution in [3.8, 4) is 0 Å². The van der Waals surface area contributed by atoms with Gasteiger partial charge in [-0.25, -0.2) is 0 Å². The van der Waals surface area contributed by atoms with Crippen LogP contribution in [0.3, 0.4) is 0 Å². The van der Waals surface area contributed by atoms with Crippen molar-refractivity contribution in [1.82, 2.24) is 10.3 Å². The zero-order chi connectivity index (χ0) is 17.9. The summed E-state index contributed by atoms with van der Waals surface area (Å²) in [7, 11) is 0. The molecule has 2 heterocycles. The molecule has 0 bridgehead atoms. The van der Waals surface area contributed by atoms with E-state index in [1.165, 1.54) is 18.4 Å². The molecule has 0 unspecified atom stereocenters. The van der Waals surface area contributed by atoms with Crippen LogP contribution in [0.15, 0.2) is 42.6 Å². The van der Waals surface area contributed by atoms with Gasteiger partial charge in [-0.15, -0.1) is 0 Å². The molecule has 5 nitrogen and oxygen atoms in total. The van der Waals surface area contributed by atoms with Crippen LogP contribution in [0.4, 0.5) is 5.69 Å². The molecule has 2 aliphatic rings. The summed E-state index contributed by atoms with van der Waals surface area (Å²) in [5.41, 5.74) is 2.95. The molecule has 1 aliphatic heterocycles. The predicted octanol–water partition coefficient (Wildman–Crippen LogP) is 3.35. The van der Waals surface area contributed by atoms with Gasteiger partial charge in [-0.1, -0.05) is 31.0 Å². The Kier molecular flexibility index (Phi) is 4.69. The average molecular weight is 349 g/mol. The summed E-state index contributed by atoms with van der Waals surface area (Å²) in [4.78, 5) is 31.5. The van der Waals surface area contributed by atoms with Gasteiger partial charge >= 0.3 is 0 Å². The van der Waals surface area contributed by atoms with Crippen LogP contribution < -0.4 is 10.2 Å². The zero-order valence-electron chi connectivity index (χ0n) is 14.8. The van der Waals surface area contributed by atoms with E-state index in [1.807, 2.05) is 18.2 Å². The first kappa shape index (κ1) is 16.8. The molecule has 5 heteroatoms. The molecule has 134 valence electrons. The third kappa shape index (κ3) is 3.34. The quantitative estimate of drug-likeness (QED) is 0.924. The highest BCUT2D eigenvalue weighted by atomic mass is 16.2. The Hall–Kier alpha value is -2.69. The van der Waals surface area contributed by atoms with Crippen LogP contribution in [0.5, 0.6) is 0 Å². The molecular formula is C21H23N3O2. The summed E-state index contributed by atoms with van der Waals surface area (Å²) in [6.45, 7) is 0.677. The first-order chi connectivity index (χ1) is 12.7. The number of aryl methyl sites for hydroxylation is 1. The van der Waals surface area contributed by atoms with E-state index in [0.29, 0.717) is 17.8 Å². The van der Waals surface area contributed by atoms with Gasteiger partial charge in [0.05, 0.1) is 0 Å². The predicted molar refractivity (Wildman–Crippen MR) is 100 cm³/mol. The van der Waals surface area contributed by atoms with Gasteiger partial charge in [-0.3, -0.25) is 14.6 Å². The van der Waals surface area contributed by atoms with Crippen LogP contribution >= 0.6 is 0 Å². The molecule has 1 aliphatic carbocycles. The molecule has 0 saturated heterocycles. The zero-order valence-corrected chi connectivity index (χ0v) is 14.8. The fourth-order valence-electron chi connectivity index (χ4n) is 3.91. The minimum absolute atomic E-state index is 0.118. The molecule has 1 N–H and O–H groups in total. The van der Waals surface area contributed by atoms with E-state index >= 15 is 0 Å². The van der Waals surface area contributed by atoms with E-state index < -0.39 is 0 Å². The van der Waals surface area contributed by atoms with Gasteiger partial charge in [0.25, 0.3) is 11.8 Å². The van der Waals surface area contributed by atoms with Crippen LogP contribution in [0.2, 0.25) is 0 Å². The van der Waals surface area contributed by atoms with Gasteiger partial charge in [-0.05, 0) is 49.4 Å². The van der Waals surface area contributed by atoms with Crippen molar-refractivity contribution in [2.24, 2.45) is 0 Å². The Balaban J connectivity index is 1.55. The van der Waals surface area contributed by atoms with E-state index in [-0.39, 0.29) is 17.9 Å². The van der Waals surface area contributed by atoms with Gasteiger partial charge in [0.2, 0.25) is 0 Å². The number of nitrogens with zero attached hydrogens (tertiary/aromatic N) is 2. The number of carbonyl (C=O) groups excluding carboxylic acids is 2. The van der Waals surface area contributed by atoms with Crippen LogP contribution in [0.1, 0.15) is 58.5 Å². The normalized spacial score (nSPS) is 17.0. The number of carbonyl (C=O) groups is 2. The molecule has 0 radical (unpaired) electrons. The smallest absolute Gasteiger partial charge is 0.276 e. The lowest BCUT2D eigenvalue weighted by molar-refractivity contribution is 0.0937. The van der Waals surface area contributed by atoms with Crippen molar-refractivity contribution in [3.05, 3.63) is 59.4 Å². The fraction of sp³-hybridized carbons (Fsp3) is 0.381. The number of hydrogen-bond acceptors (Lipinski definition) is 3. The number of rotatable bonds is 3. The van der Waals surface area contributed by atoms with Crippen LogP contribution in [0, 0.1) is 0 Å². The highest BCUT2D eigenvalue weighted by molar-refractivity contribution is 6.07. The average Bonchev–Trinajstić information content (AvgIpc) is 3.20. The minimum atomic E-state index is -0.146. The van der Waals surface area contributed by atoms with Crippen molar-refractivity contribution in [2.45, 2.75) is 44.6 Å². The second-order valence-electron chi connectivity index (χ2n) is 7.07. The minimum Gasteiger partial charge on any atom is -0.349 e. The Labute approximate surface area is 153 Å². The lowest BCUT2D eigenvalue weighted by Crippen LogP contribution is -2.36. The SMILES string of the molecule is O=C(NC1CCCC1)c1ccnc(C(=O)N2CCCc3ccccc32)c1. The van der Waals surface area contributed by atoms with E-state index in [1.54, 1.807) is 23.2 Å². The maximum absolute atomic E-state index is 13.0. The van der Waals surface area contributed by atoms with Crippen LogP contribution in [-0.4, -0.2) is 29.4 Å². The number of aromatic nitrogens is 1. The van der Waals surface area contributed by atoms with Crippen molar-refractivity contribution in [1.29, 1.82) is 0 Å². The number of nitrogens with one attached hydrogen (secondary N) is 1. The molecule has 1 saturated carbocycles. The largest absolute Gasteiger partial charge is 0.349 e. The highest BCUT2D eigenvalue weighted by Gasteiger charge is 2.25. The van der Waals surface area contributed by atoms with Gasteiger partial charge in [0.15, 0.2) is 0 Å². The number of amides is 2.